The number of hydrogen-bond acceptors (Lipinski definition) is 3. The van der Waals surface area contributed by atoms with Gasteiger partial charge in [0.15, 0.2) is 0 Å². The molecule has 5 nitrogen and oxygen atoms in total. The lowest BCUT2D eigenvalue weighted by Crippen LogP contribution is -2.36. The first-order valence-corrected chi connectivity index (χ1v) is 7.01. The van der Waals surface area contributed by atoms with Crippen LogP contribution in [0, 0.1) is 0 Å². The molecule has 0 fully saturated rings. The Morgan fingerprint density at radius 1 is 1.24 bits per heavy atom. The Morgan fingerprint density at radius 2 is 1.90 bits per heavy atom. The second-order valence-corrected chi connectivity index (χ2v) is 5.56. The van der Waals surface area contributed by atoms with Crippen molar-refractivity contribution in [3.8, 4) is 11.4 Å². The van der Waals surface area contributed by atoms with E-state index < -0.39 is 11.2 Å². The molecule has 0 spiro atoms. The average Bonchev–Trinajstić information content (AvgIpc) is 2.39. The van der Waals surface area contributed by atoms with Crippen LogP contribution < -0.4 is 16.0 Å². The maximum atomic E-state index is 12.5. The van der Waals surface area contributed by atoms with Gasteiger partial charge in [0.2, 0.25) is 0 Å². The molecule has 1 aromatic carbocycles. The normalized spacial score (nSPS) is 11.0. The highest BCUT2D eigenvalue weighted by molar-refractivity contribution is 6.32. The molecule has 0 atom stereocenters. The van der Waals surface area contributed by atoms with Gasteiger partial charge in [0, 0.05) is 6.07 Å². The van der Waals surface area contributed by atoms with Gasteiger partial charge in [0.25, 0.3) is 5.56 Å². The molecule has 0 saturated heterocycles. The monoisotopic (exact) mass is 328 g/mol. The summed E-state index contributed by atoms with van der Waals surface area (Å²) in [5, 5.41) is 0.459. The van der Waals surface area contributed by atoms with Gasteiger partial charge < -0.3 is 4.74 Å². The molecule has 0 aliphatic heterocycles. The smallest absolute Gasteiger partial charge is 0.334 e. The maximum absolute atomic E-state index is 12.5. The molecule has 0 amide bonds. The predicted molar refractivity (Wildman–Crippen MR) is 83.3 cm³/mol. The quantitative estimate of drug-likeness (QED) is 0.881. The van der Waals surface area contributed by atoms with Crippen molar-refractivity contribution in [3.05, 3.63) is 54.8 Å². The second kappa shape index (κ2) is 5.95. The maximum Gasteiger partial charge on any atom is 0.334 e. The van der Waals surface area contributed by atoms with Gasteiger partial charge >= 0.3 is 5.69 Å². The lowest BCUT2D eigenvalue weighted by molar-refractivity contribution is 0.415. The van der Waals surface area contributed by atoms with E-state index in [1.165, 1.54) is 13.2 Å². The fourth-order valence-electron chi connectivity index (χ4n) is 2.05. The highest BCUT2D eigenvalue weighted by Crippen LogP contribution is 2.26. The summed E-state index contributed by atoms with van der Waals surface area (Å²) in [5.41, 5.74) is -0.354. The van der Waals surface area contributed by atoms with Crippen LogP contribution >= 0.6 is 23.2 Å². The number of aromatic nitrogens is 2. The summed E-state index contributed by atoms with van der Waals surface area (Å²) in [4.78, 5) is 27.1. The number of hydrogen-bond donors (Lipinski definition) is 1. The van der Waals surface area contributed by atoms with Crippen molar-refractivity contribution < 1.29 is 4.74 Å². The topological polar surface area (TPSA) is 64.1 Å². The number of aromatic amines is 1. The van der Waals surface area contributed by atoms with Gasteiger partial charge in [-0.15, -0.1) is 0 Å². The number of nitrogens with one attached hydrogen (secondary N) is 1. The zero-order valence-corrected chi connectivity index (χ0v) is 13.2. The van der Waals surface area contributed by atoms with Crippen molar-refractivity contribution >= 4 is 23.2 Å². The minimum absolute atomic E-state index is 0.0668. The number of methoxy groups -OCH3 is 1. The summed E-state index contributed by atoms with van der Waals surface area (Å²) in [6.07, 6.45) is 0. The van der Waals surface area contributed by atoms with Crippen LogP contribution in [0.3, 0.4) is 0 Å². The Morgan fingerprint density at radius 3 is 2.48 bits per heavy atom. The molecule has 112 valence electrons. The Balaban J connectivity index is 2.79. The number of ether oxygens (including phenoxy) is 1. The van der Waals surface area contributed by atoms with Crippen LogP contribution in [0.1, 0.15) is 25.3 Å². The molecule has 1 aromatic heterocycles. The van der Waals surface area contributed by atoms with Crippen molar-refractivity contribution in [2.45, 2.75) is 19.8 Å². The van der Waals surface area contributed by atoms with Crippen LogP contribution in [0.2, 0.25) is 10.2 Å². The van der Waals surface area contributed by atoms with Crippen LogP contribution in [-0.2, 0) is 0 Å². The van der Waals surface area contributed by atoms with Gasteiger partial charge in [0.1, 0.15) is 10.9 Å². The van der Waals surface area contributed by atoms with E-state index in [1.54, 1.807) is 12.1 Å². The lowest BCUT2D eigenvalue weighted by atomic mass is 10.1. The minimum atomic E-state index is -0.612. The van der Waals surface area contributed by atoms with Crippen LogP contribution in [0.15, 0.2) is 27.8 Å². The fraction of sp³-hybridized carbons (Fsp3) is 0.286. The van der Waals surface area contributed by atoms with Crippen molar-refractivity contribution in [2.24, 2.45) is 0 Å². The molecule has 2 aromatic rings. The van der Waals surface area contributed by atoms with E-state index >= 15 is 0 Å². The molecule has 0 aliphatic carbocycles. The number of halogens is 2. The first kappa shape index (κ1) is 15.7. The summed E-state index contributed by atoms with van der Waals surface area (Å²) >= 11 is 11.9. The summed E-state index contributed by atoms with van der Waals surface area (Å²) in [6, 6.07) is 4.65. The molecule has 0 bridgehead atoms. The number of H-pyrrole nitrogens is 1. The second-order valence-electron chi connectivity index (χ2n) is 4.77. The Kier molecular flexibility index (Phi) is 4.44. The van der Waals surface area contributed by atoms with Gasteiger partial charge in [-0.25, -0.2) is 9.36 Å². The van der Waals surface area contributed by atoms with Crippen molar-refractivity contribution in [3.63, 3.8) is 0 Å². The van der Waals surface area contributed by atoms with Crippen LogP contribution in [-0.4, -0.2) is 16.7 Å². The van der Waals surface area contributed by atoms with Crippen LogP contribution in [0.25, 0.3) is 5.69 Å². The molecule has 2 rings (SSSR count). The van der Waals surface area contributed by atoms with Crippen LogP contribution in [0.5, 0.6) is 5.75 Å². The molecule has 1 N–H and O–H groups in total. The minimum Gasteiger partial charge on any atom is -0.495 e. The summed E-state index contributed by atoms with van der Waals surface area (Å²) in [6.45, 7) is 3.65. The van der Waals surface area contributed by atoms with Gasteiger partial charge in [-0.3, -0.25) is 9.78 Å². The van der Waals surface area contributed by atoms with E-state index in [-0.39, 0.29) is 11.1 Å². The first-order chi connectivity index (χ1) is 9.86. The highest BCUT2D eigenvalue weighted by Gasteiger charge is 2.17. The molecule has 0 unspecified atom stereocenters. The average molecular weight is 329 g/mol. The molecule has 0 saturated carbocycles. The number of benzene rings is 1. The highest BCUT2D eigenvalue weighted by atomic mass is 35.5. The molecule has 0 radical (unpaired) electrons. The third-order valence-electron chi connectivity index (χ3n) is 3.06. The Bertz CT molecular complexity index is 794. The van der Waals surface area contributed by atoms with E-state index in [0.29, 0.717) is 22.0 Å². The molecular weight excluding hydrogens is 315 g/mol. The standard InChI is InChI=1S/C14H14Cl2N2O3/c1-7(2)11-12(16)17-14(20)18(13(11)19)8-4-5-9(15)10(6-8)21-3/h4-7H,1-3H3,(H,17,20). The van der Waals surface area contributed by atoms with Gasteiger partial charge in [-0.05, 0) is 18.1 Å². The van der Waals surface area contributed by atoms with E-state index in [4.69, 9.17) is 27.9 Å². The van der Waals surface area contributed by atoms with Gasteiger partial charge in [-0.1, -0.05) is 37.0 Å². The van der Waals surface area contributed by atoms with Crippen molar-refractivity contribution in [1.82, 2.24) is 9.55 Å². The summed E-state index contributed by atoms with van der Waals surface area (Å²) < 4.78 is 6.12. The van der Waals surface area contributed by atoms with E-state index in [0.717, 1.165) is 4.57 Å². The molecular formula is C14H14Cl2N2O3. The van der Waals surface area contributed by atoms with Crippen molar-refractivity contribution in [1.29, 1.82) is 0 Å². The fourth-order valence-corrected chi connectivity index (χ4v) is 2.62. The third kappa shape index (κ3) is 2.84. The molecule has 7 heteroatoms. The Hall–Kier alpha value is -1.72. The molecule has 0 aliphatic rings. The number of rotatable bonds is 3. The zero-order valence-electron chi connectivity index (χ0n) is 11.7. The predicted octanol–water partition coefficient (Wildman–Crippen LogP) is 2.96. The van der Waals surface area contributed by atoms with Gasteiger partial charge in [-0.2, -0.15) is 0 Å². The SMILES string of the molecule is COc1cc(-n2c(=O)[nH]c(Cl)c(C(C)C)c2=O)ccc1Cl. The van der Waals surface area contributed by atoms with E-state index in [9.17, 15) is 9.59 Å². The first-order valence-electron chi connectivity index (χ1n) is 6.25. The number of nitrogens with zero attached hydrogens (tertiary/aromatic N) is 1. The lowest BCUT2D eigenvalue weighted by Gasteiger charge is -2.12. The zero-order chi connectivity index (χ0) is 15.7. The van der Waals surface area contributed by atoms with E-state index in [2.05, 4.69) is 4.98 Å². The van der Waals surface area contributed by atoms with Crippen LogP contribution in [0.4, 0.5) is 0 Å². The summed E-state index contributed by atoms with van der Waals surface area (Å²) in [5.74, 6) is 0.254. The molecule has 21 heavy (non-hydrogen) atoms. The van der Waals surface area contributed by atoms with Gasteiger partial charge in [0.05, 0.1) is 23.4 Å². The Labute approximate surface area is 131 Å². The third-order valence-corrected chi connectivity index (χ3v) is 3.67. The molecule has 1 heterocycles. The summed E-state index contributed by atoms with van der Waals surface area (Å²) in [7, 11) is 1.46. The van der Waals surface area contributed by atoms with Crippen molar-refractivity contribution in [2.75, 3.05) is 7.11 Å². The van der Waals surface area contributed by atoms with E-state index in [1.807, 2.05) is 13.8 Å². The largest absolute Gasteiger partial charge is 0.495 e.